The maximum absolute atomic E-state index is 12.1. The second kappa shape index (κ2) is 9.16. The topological polar surface area (TPSA) is 64.6 Å². The van der Waals surface area contributed by atoms with Gasteiger partial charge in [-0.05, 0) is 37.1 Å². The van der Waals surface area contributed by atoms with Crippen LogP contribution in [0.4, 0.5) is 5.69 Å². The third-order valence-electron chi connectivity index (χ3n) is 4.00. The van der Waals surface area contributed by atoms with E-state index in [1.807, 2.05) is 12.1 Å². The van der Waals surface area contributed by atoms with E-state index in [0.29, 0.717) is 27.3 Å². The first-order valence-corrected chi connectivity index (χ1v) is 9.72. The Kier molecular flexibility index (Phi) is 6.66. The number of ether oxygens (including phenoxy) is 2. The molecule has 1 unspecified atom stereocenters. The van der Waals surface area contributed by atoms with Gasteiger partial charge in [-0.25, -0.2) is 0 Å². The van der Waals surface area contributed by atoms with Gasteiger partial charge in [-0.3, -0.25) is 9.59 Å². The number of carbonyl (C=O) groups is 2. The molecule has 26 heavy (non-hydrogen) atoms. The summed E-state index contributed by atoms with van der Waals surface area (Å²) in [6, 6.07) is 10.6. The number of Topliss-reactive ketones (excluding diaryl/α,β-unsaturated/α-hetero) is 1. The van der Waals surface area contributed by atoms with Crippen LogP contribution in [0, 0.1) is 0 Å². The molecule has 1 aliphatic rings. The second-order valence-corrected chi connectivity index (χ2v) is 7.76. The van der Waals surface area contributed by atoms with Crippen LogP contribution in [0.25, 0.3) is 0 Å². The van der Waals surface area contributed by atoms with Crippen molar-refractivity contribution in [1.29, 1.82) is 0 Å². The molecule has 1 saturated heterocycles. The van der Waals surface area contributed by atoms with E-state index in [4.69, 9.17) is 21.1 Å². The van der Waals surface area contributed by atoms with Gasteiger partial charge >= 0.3 is 0 Å². The molecule has 0 radical (unpaired) electrons. The maximum atomic E-state index is 12.1. The second-order valence-electron chi connectivity index (χ2n) is 6.05. The van der Waals surface area contributed by atoms with E-state index in [0.717, 1.165) is 19.4 Å². The zero-order valence-electron chi connectivity index (χ0n) is 14.2. The van der Waals surface area contributed by atoms with E-state index in [1.165, 1.54) is 11.3 Å². The normalized spacial score (nSPS) is 16.4. The molecule has 1 aliphatic heterocycles. The van der Waals surface area contributed by atoms with Gasteiger partial charge in [0.05, 0.1) is 15.3 Å². The van der Waals surface area contributed by atoms with Crippen molar-refractivity contribution in [2.45, 2.75) is 31.8 Å². The molecule has 1 aromatic heterocycles. The van der Waals surface area contributed by atoms with Gasteiger partial charge in [-0.15, -0.1) is 11.3 Å². The summed E-state index contributed by atoms with van der Waals surface area (Å²) < 4.78 is 11.8. The number of halogens is 1. The zero-order chi connectivity index (χ0) is 18.4. The third kappa shape index (κ3) is 5.56. The Hall–Kier alpha value is -1.89. The summed E-state index contributed by atoms with van der Waals surface area (Å²) in [6.45, 7) is 1.30. The van der Waals surface area contributed by atoms with Gasteiger partial charge in [-0.1, -0.05) is 17.7 Å². The number of ketones is 1. The molecule has 0 spiro atoms. The summed E-state index contributed by atoms with van der Waals surface area (Å²) in [7, 11) is 0. The molecule has 0 bridgehead atoms. The average molecular weight is 394 g/mol. The molecule has 1 aromatic carbocycles. The van der Waals surface area contributed by atoms with E-state index < -0.39 is 0 Å². The van der Waals surface area contributed by atoms with Crippen molar-refractivity contribution in [2.24, 2.45) is 0 Å². The third-order valence-corrected chi connectivity index (χ3v) is 5.28. The summed E-state index contributed by atoms with van der Waals surface area (Å²) in [4.78, 5) is 24.7. The molecule has 5 nitrogen and oxygen atoms in total. The predicted molar refractivity (Wildman–Crippen MR) is 102 cm³/mol. The van der Waals surface area contributed by atoms with Crippen LogP contribution < -0.4 is 10.1 Å². The Balaban J connectivity index is 1.46. The van der Waals surface area contributed by atoms with Crippen LogP contribution >= 0.6 is 22.9 Å². The van der Waals surface area contributed by atoms with Crippen LogP contribution in [0.3, 0.4) is 0 Å². The van der Waals surface area contributed by atoms with Crippen LogP contribution in [0.15, 0.2) is 36.4 Å². The fourth-order valence-corrected chi connectivity index (χ4v) is 3.68. The van der Waals surface area contributed by atoms with Gasteiger partial charge in [0.15, 0.2) is 5.78 Å². The van der Waals surface area contributed by atoms with Crippen LogP contribution in [-0.4, -0.2) is 31.0 Å². The lowest BCUT2D eigenvalue weighted by atomic mass is 10.2. The number of thiophene rings is 1. The molecule has 1 fully saturated rings. The van der Waals surface area contributed by atoms with E-state index in [1.54, 1.807) is 24.3 Å². The first-order chi connectivity index (χ1) is 12.6. The fourth-order valence-electron chi connectivity index (χ4n) is 2.67. The first kappa shape index (κ1) is 18.9. The molecule has 3 rings (SSSR count). The molecular formula is C19H20ClNO4S. The zero-order valence-corrected chi connectivity index (χ0v) is 15.8. The molecule has 138 valence electrons. The maximum Gasteiger partial charge on any atom is 0.224 e. The summed E-state index contributed by atoms with van der Waals surface area (Å²) in [5.41, 5.74) is 0.645. The first-order valence-electron chi connectivity index (χ1n) is 8.53. The largest absolute Gasteiger partial charge is 0.491 e. The molecule has 1 N–H and O–H groups in total. The van der Waals surface area contributed by atoms with E-state index >= 15 is 0 Å². The number of carbonyl (C=O) groups excluding carboxylic acids is 2. The van der Waals surface area contributed by atoms with Gasteiger partial charge < -0.3 is 14.8 Å². The van der Waals surface area contributed by atoms with Crippen LogP contribution in [0.2, 0.25) is 4.34 Å². The molecule has 1 atom stereocenters. The van der Waals surface area contributed by atoms with E-state index in [-0.39, 0.29) is 30.6 Å². The molecule has 2 heterocycles. The van der Waals surface area contributed by atoms with Gasteiger partial charge in [0.25, 0.3) is 0 Å². The van der Waals surface area contributed by atoms with Gasteiger partial charge in [0.2, 0.25) is 5.91 Å². The van der Waals surface area contributed by atoms with Crippen molar-refractivity contribution in [3.8, 4) is 5.75 Å². The summed E-state index contributed by atoms with van der Waals surface area (Å²) >= 11 is 7.05. The number of amides is 1. The number of hydrogen-bond acceptors (Lipinski definition) is 5. The molecule has 7 heteroatoms. The molecule has 0 saturated carbocycles. The van der Waals surface area contributed by atoms with Gasteiger partial charge in [0, 0.05) is 31.2 Å². The monoisotopic (exact) mass is 393 g/mol. The van der Waals surface area contributed by atoms with Gasteiger partial charge in [-0.2, -0.15) is 0 Å². The Bertz CT molecular complexity index is 770. The average Bonchev–Trinajstić information content (AvgIpc) is 3.30. The number of hydrogen-bond donors (Lipinski definition) is 1. The Labute approximate surface area is 161 Å². The molecule has 0 aliphatic carbocycles. The van der Waals surface area contributed by atoms with Crippen molar-refractivity contribution in [2.75, 3.05) is 18.5 Å². The summed E-state index contributed by atoms with van der Waals surface area (Å²) in [5, 5.41) is 2.80. The van der Waals surface area contributed by atoms with Crippen LogP contribution in [-0.2, 0) is 9.53 Å². The highest BCUT2D eigenvalue weighted by Crippen LogP contribution is 2.23. The highest BCUT2D eigenvalue weighted by Gasteiger charge is 2.16. The quantitative estimate of drug-likeness (QED) is 0.667. The minimum atomic E-state index is -0.211. The summed E-state index contributed by atoms with van der Waals surface area (Å²) in [6.07, 6.45) is 2.50. The smallest absolute Gasteiger partial charge is 0.224 e. The van der Waals surface area contributed by atoms with Crippen molar-refractivity contribution in [1.82, 2.24) is 0 Å². The summed E-state index contributed by atoms with van der Waals surface area (Å²) in [5.74, 6) is 0.394. The predicted octanol–water partition coefficient (Wildman–Crippen LogP) is 4.56. The Morgan fingerprint density at radius 2 is 2.15 bits per heavy atom. The number of anilines is 1. The number of nitrogens with one attached hydrogen (secondary N) is 1. The lowest BCUT2D eigenvalue weighted by Gasteiger charge is -2.12. The standard InChI is InChI=1S/C19H20ClNO4S/c20-18-8-7-17(26-18)16(22)6-9-19(23)21-13-3-1-4-14(11-13)25-12-15-5-2-10-24-15/h1,3-4,7-8,11,15H,2,5-6,9-10,12H2,(H,21,23). The van der Waals surface area contributed by atoms with E-state index in [9.17, 15) is 9.59 Å². The molecular weight excluding hydrogens is 374 g/mol. The lowest BCUT2D eigenvalue weighted by Crippen LogP contribution is -2.16. The Morgan fingerprint density at radius 3 is 2.88 bits per heavy atom. The SMILES string of the molecule is O=C(CCC(=O)c1ccc(Cl)s1)Nc1cccc(OCC2CCCO2)c1. The van der Waals surface area contributed by atoms with Crippen LogP contribution in [0.5, 0.6) is 5.75 Å². The van der Waals surface area contributed by atoms with Crippen molar-refractivity contribution < 1.29 is 19.1 Å². The number of benzene rings is 1. The van der Waals surface area contributed by atoms with Crippen molar-refractivity contribution in [3.05, 3.63) is 45.6 Å². The minimum Gasteiger partial charge on any atom is -0.491 e. The van der Waals surface area contributed by atoms with E-state index in [2.05, 4.69) is 5.32 Å². The lowest BCUT2D eigenvalue weighted by molar-refractivity contribution is -0.116. The fraction of sp³-hybridized carbons (Fsp3) is 0.368. The number of rotatable bonds is 8. The van der Waals surface area contributed by atoms with Crippen molar-refractivity contribution >= 4 is 40.3 Å². The van der Waals surface area contributed by atoms with Crippen molar-refractivity contribution in [3.63, 3.8) is 0 Å². The molecule has 2 aromatic rings. The molecule has 1 amide bonds. The van der Waals surface area contributed by atoms with Gasteiger partial charge in [0.1, 0.15) is 12.4 Å². The highest BCUT2D eigenvalue weighted by molar-refractivity contribution is 7.18. The highest BCUT2D eigenvalue weighted by atomic mass is 35.5. The Morgan fingerprint density at radius 1 is 1.27 bits per heavy atom. The minimum absolute atomic E-state index is 0.0781. The van der Waals surface area contributed by atoms with Crippen LogP contribution in [0.1, 0.15) is 35.4 Å².